The van der Waals surface area contributed by atoms with E-state index in [4.69, 9.17) is 11.6 Å². The van der Waals surface area contributed by atoms with Gasteiger partial charge in [0, 0.05) is 10.9 Å². The summed E-state index contributed by atoms with van der Waals surface area (Å²) in [5.74, 6) is 0.128. The van der Waals surface area contributed by atoms with Crippen LogP contribution in [0.2, 0.25) is 5.02 Å². The maximum atomic E-state index is 9.57. The Kier molecular flexibility index (Phi) is 4.40. The number of aliphatic hydroxyl groups excluding tert-OH is 1. The van der Waals surface area contributed by atoms with E-state index in [1.807, 2.05) is 36.4 Å². The minimum atomic E-state index is 0.128. The minimum Gasteiger partial charge on any atom is -0.396 e. The van der Waals surface area contributed by atoms with Crippen LogP contribution in [0, 0.1) is 6.92 Å². The highest BCUT2D eigenvalue weighted by Gasteiger charge is 2.12. The molecule has 0 amide bonds. The van der Waals surface area contributed by atoms with Crippen LogP contribution in [0.5, 0.6) is 0 Å². The van der Waals surface area contributed by atoms with Gasteiger partial charge in [0.25, 0.3) is 0 Å². The van der Waals surface area contributed by atoms with E-state index in [0.29, 0.717) is 0 Å². The summed E-state index contributed by atoms with van der Waals surface area (Å²) in [4.78, 5) is 0. The molecule has 2 aromatic rings. The van der Waals surface area contributed by atoms with Crippen molar-refractivity contribution >= 4 is 11.6 Å². The second-order valence-corrected chi connectivity index (χ2v) is 5.00. The van der Waals surface area contributed by atoms with Crippen molar-refractivity contribution in [3.63, 3.8) is 0 Å². The Labute approximate surface area is 113 Å². The summed E-state index contributed by atoms with van der Waals surface area (Å²) in [6, 6.07) is 16.0. The summed E-state index contributed by atoms with van der Waals surface area (Å²) < 4.78 is 0. The van der Waals surface area contributed by atoms with E-state index in [2.05, 4.69) is 19.1 Å². The Hall–Kier alpha value is -1.31. The van der Waals surface area contributed by atoms with Crippen molar-refractivity contribution in [3.8, 4) is 0 Å². The molecule has 18 heavy (non-hydrogen) atoms. The van der Waals surface area contributed by atoms with E-state index in [9.17, 15) is 5.11 Å². The normalized spacial score (nSPS) is 12.4. The first-order chi connectivity index (χ1) is 8.70. The van der Waals surface area contributed by atoms with E-state index in [1.165, 1.54) is 11.1 Å². The summed E-state index contributed by atoms with van der Waals surface area (Å²) >= 11 is 5.88. The molecule has 1 atom stereocenters. The molecule has 0 saturated carbocycles. The van der Waals surface area contributed by atoms with Crippen molar-refractivity contribution in [1.29, 1.82) is 0 Å². The van der Waals surface area contributed by atoms with Gasteiger partial charge in [0.05, 0.1) is 6.61 Å². The highest BCUT2D eigenvalue weighted by Crippen LogP contribution is 2.23. The van der Waals surface area contributed by atoms with E-state index >= 15 is 0 Å². The molecular weight excluding hydrogens is 244 g/mol. The first kappa shape index (κ1) is 13.1. The number of benzene rings is 2. The van der Waals surface area contributed by atoms with Crippen molar-refractivity contribution in [2.24, 2.45) is 0 Å². The van der Waals surface area contributed by atoms with Crippen molar-refractivity contribution in [1.82, 2.24) is 0 Å². The molecule has 2 heteroatoms. The van der Waals surface area contributed by atoms with Gasteiger partial charge >= 0.3 is 0 Å². The fourth-order valence-electron chi connectivity index (χ4n) is 2.13. The van der Waals surface area contributed by atoms with Crippen LogP contribution in [0.15, 0.2) is 48.5 Å². The molecule has 0 aliphatic rings. The van der Waals surface area contributed by atoms with Crippen LogP contribution in [0.25, 0.3) is 0 Å². The van der Waals surface area contributed by atoms with Crippen LogP contribution >= 0.6 is 11.6 Å². The lowest BCUT2D eigenvalue weighted by Crippen LogP contribution is -2.08. The molecular formula is C16H17ClO. The predicted molar refractivity (Wildman–Crippen MR) is 76.2 cm³/mol. The maximum Gasteiger partial charge on any atom is 0.0502 e. The largest absolute Gasteiger partial charge is 0.396 e. The highest BCUT2D eigenvalue weighted by atomic mass is 35.5. The standard InChI is InChI=1S/C16H17ClO/c1-12-4-2-3-5-14(12)10-15(11-18)13-6-8-16(17)9-7-13/h2-9,15,18H,10-11H2,1H3. The van der Waals surface area contributed by atoms with E-state index in [-0.39, 0.29) is 12.5 Å². The first-order valence-electron chi connectivity index (χ1n) is 6.11. The van der Waals surface area contributed by atoms with Gasteiger partial charge in [-0.1, -0.05) is 48.0 Å². The third kappa shape index (κ3) is 3.12. The van der Waals surface area contributed by atoms with E-state index in [1.54, 1.807) is 0 Å². The Balaban J connectivity index is 2.20. The second-order valence-electron chi connectivity index (χ2n) is 4.56. The number of rotatable bonds is 4. The fourth-order valence-corrected chi connectivity index (χ4v) is 2.25. The van der Waals surface area contributed by atoms with Crippen LogP contribution in [0.3, 0.4) is 0 Å². The zero-order valence-corrected chi connectivity index (χ0v) is 11.2. The Morgan fingerprint density at radius 3 is 2.33 bits per heavy atom. The number of aryl methyl sites for hydroxylation is 1. The van der Waals surface area contributed by atoms with Gasteiger partial charge in [0.1, 0.15) is 0 Å². The Bertz CT molecular complexity index is 505. The average molecular weight is 261 g/mol. The number of halogens is 1. The van der Waals surface area contributed by atoms with Crippen LogP contribution in [-0.4, -0.2) is 11.7 Å². The first-order valence-corrected chi connectivity index (χ1v) is 6.49. The Morgan fingerprint density at radius 1 is 1.06 bits per heavy atom. The summed E-state index contributed by atoms with van der Waals surface area (Å²) in [5, 5.41) is 10.3. The van der Waals surface area contributed by atoms with Gasteiger partial charge in [-0.2, -0.15) is 0 Å². The van der Waals surface area contributed by atoms with Crippen LogP contribution in [0.4, 0.5) is 0 Å². The summed E-state index contributed by atoms with van der Waals surface area (Å²) in [5.41, 5.74) is 3.68. The average Bonchev–Trinajstić information content (AvgIpc) is 2.39. The molecule has 0 aliphatic carbocycles. The predicted octanol–water partition coefficient (Wildman–Crippen LogP) is 3.97. The molecule has 0 aromatic heterocycles. The number of hydrogen-bond acceptors (Lipinski definition) is 1. The summed E-state index contributed by atoms with van der Waals surface area (Å²) in [6.07, 6.45) is 0.852. The van der Waals surface area contributed by atoms with Crippen molar-refractivity contribution in [3.05, 3.63) is 70.2 Å². The maximum absolute atomic E-state index is 9.57. The molecule has 2 rings (SSSR count). The molecule has 1 N–H and O–H groups in total. The molecule has 0 aliphatic heterocycles. The lowest BCUT2D eigenvalue weighted by molar-refractivity contribution is 0.264. The quantitative estimate of drug-likeness (QED) is 0.882. The highest BCUT2D eigenvalue weighted by molar-refractivity contribution is 6.30. The molecule has 0 bridgehead atoms. The monoisotopic (exact) mass is 260 g/mol. The second kappa shape index (κ2) is 6.03. The third-order valence-electron chi connectivity index (χ3n) is 3.29. The molecule has 0 fully saturated rings. The van der Waals surface area contributed by atoms with Crippen LogP contribution < -0.4 is 0 Å². The fraction of sp³-hybridized carbons (Fsp3) is 0.250. The number of aliphatic hydroxyl groups is 1. The van der Waals surface area contributed by atoms with Gasteiger partial charge in [-0.15, -0.1) is 0 Å². The van der Waals surface area contributed by atoms with Crippen molar-refractivity contribution < 1.29 is 5.11 Å². The molecule has 0 heterocycles. The topological polar surface area (TPSA) is 20.2 Å². The van der Waals surface area contributed by atoms with Gasteiger partial charge in [-0.3, -0.25) is 0 Å². The molecule has 0 radical (unpaired) electrons. The zero-order valence-electron chi connectivity index (χ0n) is 10.4. The van der Waals surface area contributed by atoms with Crippen molar-refractivity contribution in [2.45, 2.75) is 19.3 Å². The molecule has 1 nitrogen and oxygen atoms in total. The SMILES string of the molecule is Cc1ccccc1CC(CO)c1ccc(Cl)cc1. The van der Waals surface area contributed by atoms with Crippen LogP contribution in [-0.2, 0) is 6.42 Å². The van der Waals surface area contributed by atoms with Crippen molar-refractivity contribution in [2.75, 3.05) is 6.61 Å². The lowest BCUT2D eigenvalue weighted by Gasteiger charge is -2.16. The Morgan fingerprint density at radius 2 is 1.72 bits per heavy atom. The summed E-state index contributed by atoms with van der Waals surface area (Å²) in [6.45, 7) is 2.25. The molecule has 2 aromatic carbocycles. The van der Waals surface area contributed by atoms with Gasteiger partial charge in [-0.25, -0.2) is 0 Å². The molecule has 94 valence electrons. The van der Waals surface area contributed by atoms with Gasteiger partial charge < -0.3 is 5.11 Å². The molecule has 0 saturated heterocycles. The van der Waals surface area contributed by atoms with E-state index in [0.717, 1.165) is 17.0 Å². The molecule has 0 spiro atoms. The van der Waals surface area contributed by atoms with Gasteiger partial charge in [0.15, 0.2) is 0 Å². The minimum absolute atomic E-state index is 0.128. The molecule has 1 unspecified atom stereocenters. The zero-order chi connectivity index (χ0) is 13.0. The third-order valence-corrected chi connectivity index (χ3v) is 3.54. The smallest absolute Gasteiger partial charge is 0.0502 e. The van der Waals surface area contributed by atoms with Gasteiger partial charge in [0.2, 0.25) is 0 Å². The lowest BCUT2D eigenvalue weighted by atomic mass is 9.91. The number of hydrogen-bond donors (Lipinski definition) is 1. The van der Waals surface area contributed by atoms with Gasteiger partial charge in [-0.05, 0) is 42.2 Å². The van der Waals surface area contributed by atoms with E-state index < -0.39 is 0 Å². The summed E-state index contributed by atoms with van der Waals surface area (Å²) in [7, 11) is 0. The van der Waals surface area contributed by atoms with Crippen LogP contribution in [0.1, 0.15) is 22.6 Å².